The minimum Gasteiger partial charge on any atom is -0.504 e. The van der Waals surface area contributed by atoms with Crippen molar-refractivity contribution in [3.05, 3.63) is 58.3 Å². The number of sulfonamides is 2. The summed E-state index contributed by atoms with van der Waals surface area (Å²) in [4.78, 5) is 0. The molecular formula is C18H19NO8S2. The molecule has 0 saturated heterocycles. The van der Waals surface area contributed by atoms with Crippen molar-refractivity contribution in [3.8, 4) is 23.0 Å². The molecule has 0 amide bonds. The Labute approximate surface area is 168 Å². The standard InChI is InChI=1S/C18H19NO8S2/c1-26-17-5-3-13(11-15(17)20)7-9-28(22,23)19-29(24,25)10-8-14-4-6-18(27-2)16(21)12-14/h3-12,19-21H,1-2H3/b9-7-,10-8+. The number of nitrogens with one attached hydrogen (secondary N) is 1. The number of phenols is 2. The first-order valence-corrected chi connectivity index (χ1v) is 11.0. The third-order valence-corrected chi connectivity index (χ3v) is 6.36. The van der Waals surface area contributed by atoms with Crippen LogP contribution < -0.4 is 13.6 Å². The molecule has 11 heteroatoms. The van der Waals surface area contributed by atoms with E-state index < -0.39 is 20.0 Å². The molecule has 0 aromatic heterocycles. The van der Waals surface area contributed by atoms with Crippen LogP contribution in [0.15, 0.2) is 47.2 Å². The average molecular weight is 441 g/mol. The summed E-state index contributed by atoms with van der Waals surface area (Å²) in [7, 11) is -5.95. The third-order valence-electron chi connectivity index (χ3n) is 3.52. The summed E-state index contributed by atoms with van der Waals surface area (Å²) in [6.45, 7) is 0. The van der Waals surface area contributed by atoms with E-state index in [9.17, 15) is 27.0 Å². The molecule has 0 aliphatic rings. The molecule has 0 radical (unpaired) electrons. The van der Waals surface area contributed by atoms with Crippen LogP contribution >= 0.6 is 0 Å². The highest BCUT2D eigenvalue weighted by molar-refractivity contribution is 8.07. The number of benzene rings is 2. The minimum absolute atomic E-state index is 0.196. The second-order valence-electron chi connectivity index (χ2n) is 5.64. The quantitative estimate of drug-likeness (QED) is 0.565. The SMILES string of the molecule is COc1ccc(/C=C\S(=O)(=O)NS(=O)(=O)/C=C/c2ccc(OC)c(O)c2)cc1O. The predicted molar refractivity (Wildman–Crippen MR) is 108 cm³/mol. The second-order valence-corrected chi connectivity index (χ2v) is 9.03. The Morgan fingerprint density at radius 1 is 0.759 bits per heavy atom. The summed E-state index contributed by atoms with van der Waals surface area (Å²) in [5, 5.41) is 20.7. The van der Waals surface area contributed by atoms with Gasteiger partial charge in [0.15, 0.2) is 23.0 Å². The van der Waals surface area contributed by atoms with Crippen molar-refractivity contribution < 1.29 is 36.5 Å². The van der Waals surface area contributed by atoms with Gasteiger partial charge in [0.25, 0.3) is 0 Å². The van der Waals surface area contributed by atoms with Crippen LogP contribution in [0.4, 0.5) is 0 Å². The number of hydrogen-bond donors (Lipinski definition) is 3. The molecule has 29 heavy (non-hydrogen) atoms. The van der Waals surface area contributed by atoms with Gasteiger partial charge in [0, 0.05) is 10.8 Å². The monoisotopic (exact) mass is 441 g/mol. The first kappa shape index (κ1) is 22.3. The molecule has 9 nitrogen and oxygen atoms in total. The summed E-state index contributed by atoms with van der Waals surface area (Å²) >= 11 is 0. The molecule has 0 unspecified atom stereocenters. The molecule has 0 aliphatic carbocycles. The lowest BCUT2D eigenvalue weighted by molar-refractivity contribution is 0.373. The van der Waals surface area contributed by atoms with Crippen LogP contribution in [-0.4, -0.2) is 41.3 Å². The zero-order valence-corrected chi connectivity index (χ0v) is 17.1. The Morgan fingerprint density at radius 2 is 1.14 bits per heavy atom. The normalized spacial score (nSPS) is 12.5. The maximum Gasteiger partial charge on any atom is 0.246 e. The van der Waals surface area contributed by atoms with Gasteiger partial charge < -0.3 is 19.7 Å². The number of hydrogen-bond acceptors (Lipinski definition) is 8. The van der Waals surface area contributed by atoms with Crippen LogP contribution in [0.2, 0.25) is 0 Å². The molecule has 2 rings (SSSR count). The number of methoxy groups -OCH3 is 2. The minimum atomic E-state index is -4.34. The number of phenolic OH excluding ortho intramolecular Hbond substituents is 2. The number of rotatable bonds is 8. The van der Waals surface area contributed by atoms with Crippen molar-refractivity contribution >= 4 is 32.2 Å². The summed E-state index contributed by atoms with van der Waals surface area (Å²) < 4.78 is 59.4. The highest BCUT2D eigenvalue weighted by Crippen LogP contribution is 2.27. The molecule has 2 aromatic carbocycles. The fraction of sp³-hybridized carbons (Fsp3) is 0.111. The van der Waals surface area contributed by atoms with Gasteiger partial charge in [-0.1, -0.05) is 12.1 Å². The fourth-order valence-corrected chi connectivity index (χ4v) is 4.59. The maximum absolute atomic E-state index is 12.0. The smallest absolute Gasteiger partial charge is 0.246 e. The Morgan fingerprint density at radius 3 is 1.45 bits per heavy atom. The molecule has 2 aromatic rings. The first-order valence-electron chi connectivity index (χ1n) is 7.94. The highest BCUT2D eigenvalue weighted by atomic mass is 32.3. The first-order chi connectivity index (χ1) is 13.5. The van der Waals surface area contributed by atoms with E-state index in [0.29, 0.717) is 21.9 Å². The van der Waals surface area contributed by atoms with Crippen molar-refractivity contribution in [1.82, 2.24) is 4.13 Å². The van der Waals surface area contributed by atoms with E-state index in [1.54, 1.807) is 4.13 Å². The van der Waals surface area contributed by atoms with Crippen molar-refractivity contribution in [2.24, 2.45) is 0 Å². The van der Waals surface area contributed by atoms with E-state index in [4.69, 9.17) is 9.47 Å². The van der Waals surface area contributed by atoms with Gasteiger partial charge in [-0.15, -0.1) is 4.13 Å². The van der Waals surface area contributed by atoms with Crippen molar-refractivity contribution in [2.75, 3.05) is 14.2 Å². The predicted octanol–water partition coefficient (Wildman–Crippen LogP) is 2.01. The average Bonchev–Trinajstić information content (AvgIpc) is 2.64. The topological polar surface area (TPSA) is 139 Å². The van der Waals surface area contributed by atoms with Gasteiger partial charge in [-0.2, -0.15) is 0 Å². The van der Waals surface area contributed by atoms with E-state index in [0.717, 1.165) is 12.2 Å². The van der Waals surface area contributed by atoms with E-state index in [1.807, 2.05) is 0 Å². The Hall–Kier alpha value is -3.02. The van der Waals surface area contributed by atoms with Crippen LogP contribution in [0.5, 0.6) is 23.0 Å². The lowest BCUT2D eigenvalue weighted by atomic mass is 10.2. The summed E-state index contributed by atoms with van der Waals surface area (Å²) in [5.74, 6) is 0.0254. The lowest BCUT2D eigenvalue weighted by Gasteiger charge is -2.04. The van der Waals surface area contributed by atoms with Gasteiger partial charge in [-0.25, -0.2) is 16.8 Å². The molecule has 0 aliphatic heterocycles. The summed E-state index contributed by atoms with van der Waals surface area (Å²) in [5.41, 5.74) is 0.630. The van der Waals surface area contributed by atoms with E-state index >= 15 is 0 Å². The van der Waals surface area contributed by atoms with Gasteiger partial charge in [0.2, 0.25) is 20.0 Å². The van der Waals surface area contributed by atoms with Gasteiger partial charge in [0.1, 0.15) is 0 Å². The van der Waals surface area contributed by atoms with Crippen LogP contribution in [-0.2, 0) is 20.0 Å². The van der Waals surface area contributed by atoms with Gasteiger partial charge in [0.05, 0.1) is 14.2 Å². The largest absolute Gasteiger partial charge is 0.504 e. The van der Waals surface area contributed by atoms with Gasteiger partial charge in [-0.05, 0) is 47.5 Å². The number of aromatic hydroxyl groups is 2. The van der Waals surface area contributed by atoms with Crippen molar-refractivity contribution in [3.63, 3.8) is 0 Å². The molecule has 0 fully saturated rings. The molecule has 0 heterocycles. The molecule has 156 valence electrons. The van der Waals surface area contributed by atoms with Crippen molar-refractivity contribution in [1.29, 1.82) is 0 Å². The molecule has 0 saturated carbocycles. The second kappa shape index (κ2) is 8.99. The fourth-order valence-electron chi connectivity index (χ4n) is 2.18. The Bertz CT molecular complexity index is 1060. The van der Waals surface area contributed by atoms with E-state index in [2.05, 4.69) is 0 Å². The summed E-state index contributed by atoms with van der Waals surface area (Å²) in [6, 6.07) is 8.34. The zero-order valence-electron chi connectivity index (χ0n) is 15.4. The van der Waals surface area contributed by atoms with Crippen LogP contribution in [0.3, 0.4) is 0 Å². The highest BCUT2D eigenvalue weighted by Gasteiger charge is 2.15. The Balaban J connectivity index is 2.13. The molecule has 0 atom stereocenters. The van der Waals surface area contributed by atoms with Crippen LogP contribution in [0.1, 0.15) is 11.1 Å². The van der Waals surface area contributed by atoms with E-state index in [-0.39, 0.29) is 23.0 Å². The van der Waals surface area contributed by atoms with Gasteiger partial charge in [-0.3, -0.25) is 0 Å². The van der Waals surface area contributed by atoms with Crippen LogP contribution in [0.25, 0.3) is 12.2 Å². The third kappa shape index (κ3) is 6.52. The van der Waals surface area contributed by atoms with Crippen LogP contribution in [0, 0.1) is 0 Å². The lowest BCUT2D eigenvalue weighted by Crippen LogP contribution is -2.26. The summed E-state index contributed by atoms with van der Waals surface area (Å²) in [6.07, 6.45) is 2.23. The molecular weight excluding hydrogens is 422 g/mol. The molecule has 3 N–H and O–H groups in total. The Kier molecular flexibility index (Phi) is 6.90. The zero-order chi connectivity index (χ0) is 21.7. The van der Waals surface area contributed by atoms with Gasteiger partial charge >= 0.3 is 0 Å². The molecule has 0 bridgehead atoms. The molecule has 0 spiro atoms. The van der Waals surface area contributed by atoms with Crippen molar-refractivity contribution in [2.45, 2.75) is 0 Å². The maximum atomic E-state index is 12.0. The number of ether oxygens (including phenoxy) is 2. The van der Waals surface area contributed by atoms with E-state index in [1.165, 1.54) is 50.6 Å².